The van der Waals surface area contributed by atoms with E-state index in [1.54, 1.807) is 30.3 Å². The van der Waals surface area contributed by atoms with E-state index in [9.17, 15) is 34.2 Å². The largest absolute Gasteiger partial charge is 0.507 e. The molecule has 1 aromatic heterocycles. The molecule has 1 aromatic carbocycles. The van der Waals surface area contributed by atoms with Crippen LogP contribution in [-0.4, -0.2) is 72.3 Å². The Morgan fingerprint density at radius 3 is 2.57 bits per heavy atom. The van der Waals surface area contributed by atoms with Gasteiger partial charge in [-0.25, -0.2) is 15.0 Å². The minimum atomic E-state index is -1.50. The molecule has 0 aliphatic carbocycles. The number of nitrogens with one attached hydrogen (secondary N) is 1. The van der Waals surface area contributed by atoms with Gasteiger partial charge >= 0.3 is 17.8 Å². The van der Waals surface area contributed by atoms with Gasteiger partial charge in [0.05, 0.1) is 6.42 Å². The van der Waals surface area contributed by atoms with Gasteiger partial charge in [0.15, 0.2) is 5.37 Å². The predicted octanol–water partition coefficient (Wildman–Crippen LogP) is 1.14. The fraction of sp³-hybridized carbons (Fsp3) is 0.250. The third-order valence-electron chi connectivity index (χ3n) is 5.92. The topological polar surface area (TPSA) is 163 Å². The van der Waals surface area contributed by atoms with E-state index in [0.717, 1.165) is 13.1 Å². The molecule has 192 valence electrons. The van der Waals surface area contributed by atoms with E-state index in [0.29, 0.717) is 10.7 Å². The molecule has 2 atom stereocenters. The molecule has 1 unspecified atom stereocenters. The number of aromatic nitrogens is 1. The van der Waals surface area contributed by atoms with E-state index in [4.69, 9.17) is 4.74 Å². The summed E-state index contributed by atoms with van der Waals surface area (Å²) in [5, 5.41) is 20.3. The van der Waals surface area contributed by atoms with Crippen molar-refractivity contribution < 1.29 is 43.5 Å². The lowest BCUT2D eigenvalue weighted by Crippen LogP contribution is -2.80. The zero-order valence-electron chi connectivity index (χ0n) is 19.6. The van der Waals surface area contributed by atoms with Gasteiger partial charge in [0, 0.05) is 30.6 Å². The lowest BCUT2D eigenvalue weighted by molar-refractivity contribution is -0.958. The van der Waals surface area contributed by atoms with Crippen LogP contribution in [0.1, 0.15) is 29.3 Å². The number of hydrogen-bond acceptors (Lipinski definition) is 9. The molecule has 2 aromatic rings. The minimum absolute atomic E-state index is 0.0502. The predicted molar refractivity (Wildman–Crippen MR) is 128 cm³/mol. The number of carbonyl (C=O) groups is 5. The molecule has 3 amide bonds. The summed E-state index contributed by atoms with van der Waals surface area (Å²) in [6, 6.07) is 9.69. The molecule has 1 fully saturated rings. The van der Waals surface area contributed by atoms with Crippen LogP contribution in [0.15, 0.2) is 60.1 Å². The molecular formula is C24H23N4O8S+. The van der Waals surface area contributed by atoms with Crippen LogP contribution < -0.4 is 5.43 Å². The minimum Gasteiger partial charge on any atom is -0.507 e. The lowest BCUT2D eigenvalue weighted by atomic mass is 10.0. The number of ether oxygens (including phenoxy) is 1. The van der Waals surface area contributed by atoms with Crippen LogP contribution in [0, 0.1) is 0 Å². The summed E-state index contributed by atoms with van der Waals surface area (Å²) < 4.78 is 3.91. The average Bonchev–Trinajstić information content (AvgIpc) is 2.86. The molecule has 1 saturated heterocycles. The van der Waals surface area contributed by atoms with Crippen molar-refractivity contribution in [3.63, 3.8) is 0 Å². The number of hydrogen-bond donors (Lipinski definition) is 3. The van der Waals surface area contributed by atoms with Crippen molar-refractivity contribution in [2.45, 2.75) is 25.1 Å². The highest BCUT2D eigenvalue weighted by Crippen LogP contribution is 2.49. The number of carboxylic acid groups (broad SMARTS) is 1. The number of hydrazine groups is 1. The summed E-state index contributed by atoms with van der Waals surface area (Å²) in [5.41, 5.74) is 2.28. The average molecular weight is 528 g/mol. The number of pyridine rings is 1. The molecule has 12 nitrogen and oxygen atoms in total. The van der Waals surface area contributed by atoms with Crippen LogP contribution >= 0.6 is 11.8 Å². The van der Waals surface area contributed by atoms with E-state index in [1.807, 2.05) is 0 Å². The summed E-state index contributed by atoms with van der Waals surface area (Å²) in [7, 11) is 0. The number of aliphatic carboxylic acids is 1. The smallest absolute Gasteiger partial charge is 0.393 e. The Kier molecular flexibility index (Phi) is 7.27. The monoisotopic (exact) mass is 527 g/mol. The first-order chi connectivity index (χ1) is 17.7. The van der Waals surface area contributed by atoms with E-state index in [2.05, 4.69) is 10.4 Å². The molecule has 37 heavy (non-hydrogen) atoms. The maximum absolute atomic E-state index is 13.7. The molecule has 3 heterocycles. The van der Waals surface area contributed by atoms with E-state index in [-0.39, 0.29) is 29.7 Å². The van der Waals surface area contributed by atoms with Crippen molar-refractivity contribution in [2.24, 2.45) is 0 Å². The highest BCUT2D eigenvalue weighted by Gasteiger charge is 2.69. The summed E-state index contributed by atoms with van der Waals surface area (Å²) in [6.07, 6.45) is 2.02. The van der Waals surface area contributed by atoms with Crippen molar-refractivity contribution in [2.75, 3.05) is 12.4 Å². The van der Waals surface area contributed by atoms with E-state index < -0.39 is 57.7 Å². The van der Waals surface area contributed by atoms with Crippen LogP contribution in [0.5, 0.6) is 5.75 Å². The third kappa shape index (κ3) is 4.78. The number of carbonyl (C=O) groups excluding carboxylic acids is 4. The second-order valence-corrected chi connectivity index (χ2v) is 9.45. The van der Waals surface area contributed by atoms with Crippen LogP contribution in [0.2, 0.25) is 0 Å². The third-order valence-corrected chi connectivity index (χ3v) is 7.30. The molecule has 2 aliphatic rings. The highest BCUT2D eigenvalue weighted by molar-refractivity contribution is 8.00. The summed E-state index contributed by atoms with van der Waals surface area (Å²) in [5.74, 6) is -4.82. The quantitative estimate of drug-likeness (QED) is 0.206. The van der Waals surface area contributed by atoms with Crippen LogP contribution in [0.3, 0.4) is 0 Å². The van der Waals surface area contributed by atoms with Gasteiger partial charge in [0.25, 0.3) is 17.5 Å². The number of fused-ring (bicyclic) bond motifs is 1. The second kappa shape index (κ2) is 10.4. The molecule has 13 heteroatoms. The van der Waals surface area contributed by atoms with Crippen LogP contribution in [0.4, 0.5) is 0 Å². The molecular weight excluding hydrogens is 504 g/mol. The first-order valence-electron chi connectivity index (χ1n) is 11.1. The van der Waals surface area contributed by atoms with Crippen LogP contribution in [0.25, 0.3) is 0 Å². The van der Waals surface area contributed by atoms with Crippen LogP contribution in [-0.2, 0) is 30.3 Å². The zero-order chi connectivity index (χ0) is 26.7. The Morgan fingerprint density at radius 1 is 1.22 bits per heavy atom. The Labute approximate surface area is 215 Å². The van der Waals surface area contributed by atoms with Gasteiger partial charge < -0.3 is 14.9 Å². The number of aromatic hydroxyl groups is 1. The summed E-state index contributed by atoms with van der Waals surface area (Å²) in [4.78, 5) is 68.0. The number of quaternary nitrogens is 1. The second-order valence-electron chi connectivity index (χ2n) is 8.29. The van der Waals surface area contributed by atoms with Crippen molar-refractivity contribution in [3.8, 4) is 5.75 Å². The highest BCUT2D eigenvalue weighted by atomic mass is 32.2. The number of rotatable bonds is 7. The van der Waals surface area contributed by atoms with Gasteiger partial charge in [-0.1, -0.05) is 51.8 Å². The maximum Gasteiger partial charge on any atom is 0.393 e. The standard InChI is InChI=1S/C24H22N4O8S/c1-14(29)36-12-16-13-37-21-10-20(32)28(21,22(16)24(34)35)27(19(31)9-15-5-3-2-4-6-15)26-23(33)17-11-25-8-7-18(17)30/h2-8,11,21H,9-10,12-13H2,1H3,(H2-,25,26,30,33,34,35)/p+1/t21-,28?/m1/s1. The fourth-order valence-corrected chi connectivity index (χ4v) is 5.63. The molecule has 4 rings (SSSR count). The molecule has 0 radical (unpaired) electrons. The van der Waals surface area contributed by atoms with Crippen molar-refractivity contribution in [3.05, 3.63) is 71.2 Å². The van der Waals surface area contributed by atoms with Crippen molar-refractivity contribution in [1.29, 1.82) is 0 Å². The van der Waals surface area contributed by atoms with Gasteiger partial charge in [0.1, 0.15) is 24.3 Å². The summed E-state index contributed by atoms with van der Waals surface area (Å²) in [6.45, 7) is 0.761. The van der Waals surface area contributed by atoms with Crippen molar-refractivity contribution in [1.82, 2.24) is 15.5 Å². The Morgan fingerprint density at radius 2 is 1.95 bits per heavy atom. The Balaban J connectivity index is 1.83. The number of carboxylic acids is 1. The van der Waals surface area contributed by atoms with E-state index in [1.165, 1.54) is 24.0 Å². The fourth-order valence-electron chi connectivity index (χ4n) is 4.23. The van der Waals surface area contributed by atoms with Gasteiger partial charge in [0.2, 0.25) is 0 Å². The SMILES string of the molecule is CC(=O)OCC1=C(C(=O)O)[N+]2(N(NC(=O)c3cnccc3O)C(=O)Cc3ccccc3)C(=O)C[C@H]2SC1. The Bertz CT molecular complexity index is 1310. The van der Waals surface area contributed by atoms with Gasteiger partial charge in [-0.05, 0) is 11.6 Å². The normalized spacial score (nSPS) is 20.4. The van der Waals surface area contributed by atoms with Gasteiger partial charge in [-0.15, -0.1) is 0 Å². The summed E-state index contributed by atoms with van der Waals surface area (Å²) >= 11 is 1.21. The molecule has 0 bridgehead atoms. The number of β-lactam (4-membered cyclic amide) rings is 1. The van der Waals surface area contributed by atoms with Crippen molar-refractivity contribution >= 4 is 41.4 Å². The number of nitrogens with zero attached hydrogens (tertiary/aromatic N) is 3. The zero-order valence-corrected chi connectivity index (χ0v) is 20.4. The van der Waals surface area contributed by atoms with Gasteiger partial charge in [-0.3, -0.25) is 19.4 Å². The first kappa shape index (κ1) is 25.9. The van der Waals surface area contributed by atoms with E-state index >= 15 is 0 Å². The molecule has 3 N–H and O–H groups in total. The first-order valence-corrected chi connectivity index (χ1v) is 12.2. The molecule has 0 spiro atoms. The maximum atomic E-state index is 13.7. The number of amides is 3. The Hall–Kier alpha value is -4.23. The van der Waals surface area contributed by atoms with Gasteiger partial charge in [-0.2, -0.15) is 0 Å². The lowest BCUT2D eigenvalue weighted by Gasteiger charge is -2.53. The molecule has 0 saturated carbocycles. The molecule has 2 aliphatic heterocycles. The number of esters is 1. The number of thioether (sulfide) groups is 1. The number of benzene rings is 1.